The Morgan fingerprint density at radius 3 is 2.28 bits per heavy atom. The molecule has 0 fully saturated rings. The maximum atomic E-state index is 13.3. The number of halogens is 1. The van der Waals surface area contributed by atoms with Crippen molar-refractivity contribution in [3.8, 4) is 11.5 Å². The van der Waals surface area contributed by atoms with Crippen molar-refractivity contribution in [1.29, 1.82) is 0 Å². The van der Waals surface area contributed by atoms with Crippen molar-refractivity contribution < 1.29 is 28.6 Å². The molecule has 0 unspecified atom stereocenters. The molecule has 152 valence electrons. The highest BCUT2D eigenvalue weighted by atomic mass is 19.1. The Balaban J connectivity index is 1.96. The number of benzene rings is 2. The molecule has 0 radical (unpaired) electrons. The molecule has 0 aliphatic carbocycles. The van der Waals surface area contributed by atoms with Crippen molar-refractivity contribution in [1.82, 2.24) is 5.01 Å². The molecule has 2 aromatic rings. The van der Waals surface area contributed by atoms with Crippen LogP contribution in [0.1, 0.15) is 36.4 Å². The number of carbonyl (C=O) groups is 2. The molecule has 3 rings (SSSR count). The van der Waals surface area contributed by atoms with E-state index in [1.807, 2.05) is 0 Å². The number of rotatable bonds is 7. The summed E-state index contributed by atoms with van der Waals surface area (Å²) < 4.78 is 23.9. The third kappa shape index (κ3) is 4.71. The fraction of sp³-hybridized carbons (Fsp3) is 0.286. The topological polar surface area (TPSA) is 88.4 Å². The molecule has 1 amide bonds. The highest BCUT2D eigenvalue weighted by Gasteiger charge is 2.33. The quantitative estimate of drug-likeness (QED) is 0.770. The zero-order valence-electron chi connectivity index (χ0n) is 16.1. The number of ether oxygens (including phenoxy) is 2. The van der Waals surface area contributed by atoms with E-state index in [9.17, 15) is 14.0 Å². The summed E-state index contributed by atoms with van der Waals surface area (Å²) in [5, 5.41) is 14.6. The van der Waals surface area contributed by atoms with Gasteiger partial charge in [0.2, 0.25) is 5.91 Å². The predicted octanol–water partition coefficient (Wildman–Crippen LogP) is 3.39. The lowest BCUT2D eigenvalue weighted by Gasteiger charge is -2.21. The molecular formula is C21H21FN2O5. The minimum absolute atomic E-state index is 0.175. The summed E-state index contributed by atoms with van der Waals surface area (Å²) in [7, 11) is 3.08. The van der Waals surface area contributed by atoms with Gasteiger partial charge in [-0.3, -0.25) is 9.59 Å². The van der Waals surface area contributed by atoms with Gasteiger partial charge in [0, 0.05) is 24.5 Å². The van der Waals surface area contributed by atoms with Crippen molar-refractivity contribution in [3.05, 3.63) is 59.4 Å². The lowest BCUT2D eigenvalue weighted by atomic mass is 9.98. The second-order valence-corrected chi connectivity index (χ2v) is 6.55. The molecule has 0 saturated carbocycles. The number of nitrogens with zero attached hydrogens (tertiary/aromatic N) is 2. The lowest BCUT2D eigenvalue weighted by Crippen LogP contribution is -2.27. The zero-order valence-corrected chi connectivity index (χ0v) is 16.1. The van der Waals surface area contributed by atoms with Gasteiger partial charge < -0.3 is 14.6 Å². The number of hydrogen-bond acceptors (Lipinski definition) is 5. The van der Waals surface area contributed by atoms with E-state index in [1.54, 1.807) is 30.3 Å². The highest BCUT2D eigenvalue weighted by Crippen LogP contribution is 2.35. The Bertz CT molecular complexity index is 920. The van der Waals surface area contributed by atoms with Crippen LogP contribution in [0.25, 0.3) is 0 Å². The van der Waals surface area contributed by atoms with Crippen LogP contribution in [-0.2, 0) is 9.59 Å². The van der Waals surface area contributed by atoms with Gasteiger partial charge in [-0.2, -0.15) is 5.10 Å². The summed E-state index contributed by atoms with van der Waals surface area (Å²) in [6.45, 7) is 0. The van der Waals surface area contributed by atoms with Crippen LogP contribution in [0.5, 0.6) is 11.5 Å². The van der Waals surface area contributed by atoms with Crippen molar-refractivity contribution in [2.75, 3.05) is 14.2 Å². The van der Waals surface area contributed by atoms with Crippen molar-refractivity contribution in [2.24, 2.45) is 5.10 Å². The molecule has 1 aliphatic rings. The van der Waals surface area contributed by atoms with Crippen molar-refractivity contribution in [3.63, 3.8) is 0 Å². The molecule has 0 aromatic heterocycles. The molecule has 0 bridgehead atoms. The highest BCUT2D eigenvalue weighted by molar-refractivity contribution is 6.03. The van der Waals surface area contributed by atoms with E-state index in [-0.39, 0.29) is 18.7 Å². The van der Waals surface area contributed by atoms with Gasteiger partial charge in [0.15, 0.2) is 0 Å². The molecular weight excluding hydrogens is 379 g/mol. The first kappa shape index (κ1) is 20.3. The van der Waals surface area contributed by atoms with Crippen LogP contribution in [0.3, 0.4) is 0 Å². The Hall–Kier alpha value is -3.42. The third-order valence-electron chi connectivity index (χ3n) is 4.66. The van der Waals surface area contributed by atoms with Crippen LogP contribution >= 0.6 is 0 Å². The molecule has 7 nitrogen and oxygen atoms in total. The summed E-state index contributed by atoms with van der Waals surface area (Å²) in [5.41, 5.74) is 2.06. The van der Waals surface area contributed by atoms with Gasteiger partial charge in [0.1, 0.15) is 17.3 Å². The maximum Gasteiger partial charge on any atom is 0.303 e. The standard InChI is InChI=1S/C21H21FN2O5/c1-28-16-9-14(10-17(11-16)29-2)18-12-19(13-3-5-15(22)6-4-13)24(23-18)20(25)7-8-21(26)27/h3-6,9-11,19H,7-8,12H2,1-2H3,(H,26,27)/t19-/m1/s1. The van der Waals surface area contributed by atoms with Gasteiger partial charge in [0.05, 0.1) is 32.4 Å². The molecule has 1 atom stereocenters. The largest absolute Gasteiger partial charge is 0.497 e. The van der Waals surface area contributed by atoms with E-state index in [4.69, 9.17) is 14.6 Å². The van der Waals surface area contributed by atoms with Crippen LogP contribution in [0.15, 0.2) is 47.6 Å². The van der Waals surface area contributed by atoms with Crippen LogP contribution < -0.4 is 9.47 Å². The summed E-state index contributed by atoms with van der Waals surface area (Å²) in [4.78, 5) is 23.5. The van der Waals surface area contributed by atoms with Crippen LogP contribution in [0.4, 0.5) is 4.39 Å². The van der Waals surface area contributed by atoms with Gasteiger partial charge in [-0.15, -0.1) is 0 Å². The first-order valence-electron chi connectivity index (χ1n) is 9.01. The van der Waals surface area contributed by atoms with Crippen molar-refractivity contribution in [2.45, 2.75) is 25.3 Å². The fourth-order valence-electron chi connectivity index (χ4n) is 3.16. The average molecular weight is 400 g/mol. The van der Waals surface area contributed by atoms with Crippen molar-refractivity contribution >= 4 is 17.6 Å². The second kappa shape index (κ2) is 8.72. The SMILES string of the molecule is COc1cc(OC)cc(C2=NN(C(=O)CCC(=O)O)[C@@H](c3ccc(F)cc3)C2)c1. The van der Waals surface area contributed by atoms with E-state index in [1.165, 1.54) is 31.4 Å². The third-order valence-corrected chi connectivity index (χ3v) is 4.66. The Kier molecular flexibility index (Phi) is 6.11. The molecule has 29 heavy (non-hydrogen) atoms. The molecule has 2 aromatic carbocycles. The number of methoxy groups -OCH3 is 2. The van der Waals surface area contributed by atoms with E-state index < -0.39 is 17.9 Å². The molecule has 0 spiro atoms. The molecule has 1 N–H and O–H groups in total. The first-order chi connectivity index (χ1) is 13.9. The fourth-order valence-corrected chi connectivity index (χ4v) is 3.16. The number of hydrogen-bond donors (Lipinski definition) is 1. The Labute approximate surface area is 167 Å². The first-order valence-corrected chi connectivity index (χ1v) is 9.01. The predicted molar refractivity (Wildman–Crippen MR) is 104 cm³/mol. The van der Waals surface area contributed by atoms with Gasteiger partial charge in [-0.1, -0.05) is 12.1 Å². The molecule has 8 heteroatoms. The minimum Gasteiger partial charge on any atom is -0.497 e. The van der Waals surface area contributed by atoms with Gasteiger partial charge >= 0.3 is 5.97 Å². The van der Waals surface area contributed by atoms with E-state index in [2.05, 4.69) is 5.10 Å². The van der Waals surface area contributed by atoms with Crippen LogP contribution in [0.2, 0.25) is 0 Å². The van der Waals surface area contributed by atoms with Crippen LogP contribution in [-0.4, -0.2) is 41.9 Å². The van der Waals surface area contributed by atoms with Gasteiger partial charge in [0.25, 0.3) is 0 Å². The monoisotopic (exact) mass is 400 g/mol. The number of carbonyl (C=O) groups excluding carboxylic acids is 1. The van der Waals surface area contributed by atoms with E-state index in [0.29, 0.717) is 29.2 Å². The van der Waals surface area contributed by atoms with Gasteiger partial charge in [-0.05, 0) is 29.8 Å². The maximum absolute atomic E-state index is 13.3. The molecule has 1 heterocycles. The van der Waals surface area contributed by atoms with Crippen LogP contribution in [0, 0.1) is 5.82 Å². The smallest absolute Gasteiger partial charge is 0.303 e. The minimum atomic E-state index is -1.06. The summed E-state index contributed by atoms with van der Waals surface area (Å²) in [5.74, 6) is -0.689. The number of carboxylic acids is 1. The Morgan fingerprint density at radius 2 is 1.72 bits per heavy atom. The number of carboxylic acid groups (broad SMARTS) is 1. The summed E-state index contributed by atoms with van der Waals surface area (Å²) >= 11 is 0. The molecule has 0 saturated heterocycles. The average Bonchev–Trinajstić information content (AvgIpc) is 3.17. The molecule has 1 aliphatic heterocycles. The number of amides is 1. The summed E-state index contributed by atoms with van der Waals surface area (Å²) in [6, 6.07) is 10.7. The second-order valence-electron chi connectivity index (χ2n) is 6.55. The van der Waals surface area contributed by atoms with Gasteiger partial charge in [-0.25, -0.2) is 9.40 Å². The normalized spacial score (nSPS) is 15.8. The van der Waals surface area contributed by atoms with E-state index >= 15 is 0 Å². The van der Waals surface area contributed by atoms with E-state index in [0.717, 1.165) is 5.56 Å². The number of aliphatic carboxylic acids is 1. The zero-order chi connectivity index (χ0) is 21.0. The lowest BCUT2D eigenvalue weighted by molar-refractivity contribution is -0.141. The number of hydrazone groups is 1. The Morgan fingerprint density at radius 1 is 1.10 bits per heavy atom. The summed E-state index contributed by atoms with van der Waals surface area (Å²) in [6.07, 6.45) is -0.0741.